The number of nitrogens with one attached hydrogen (secondary N) is 1. The molecular weight excluding hydrogens is 261 g/mol. The summed E-state index contributed by atoms with van der Waals surface area (Å²) < 4.78 is 4.63. The maximum absolute atomic E-state index is 11.4. The molecule has 0 aliphatic carbocycles. The molecule has 0 radical (unpaired) electrons. The van der Waals surface area contributed by atoms with Gasteiger partial charge in [-0.05, 0) is 6.92 Å². The number of nitrogens with zero attached hydrogens (tertiary/aromatic N) is 2. The van der Waals surface area contributed by atoms with Crippen molar-refractivity contribution in [3.05, 3.63) is 21.0 Å². The predicted octanol–water partition coefficient (Wildman–Crippen LogP) is 0.801. The molecule has 1 rings (SSSR count). The van der Waals surface area contributed by atoms with Gasteiger partial charge in [-0.1, -0.05) is 23.2 Å². The lowest BCUT2D eigenvalue weighted by atomic mass is 10.4. The Labute approximate surface area is 100 Å². The number of hydrogen-bond donors (Lipinski definition) is 1. The largest absolute Gasteiger partial charge is 0.462 e. The first-order valence-corrected chi connectivity index (χ1v) is 4.90. The topological polar surface area (TPSA) is 93.8 Å². The molecule has 0 fully saturated rings. The molecular formula is C7H7Cl2N3O4. The highest BCUT2D eigenvalue weighted by molar-refractivity contribution is 6.37. The second-order valence-electron chi connectivity index (χ2n) is 2.68. The number of carbonyl (C=O) groups is 1. The van der Waals surface area contributed by atoms with E-state index in [0.717, 1.165) is 6.21 Å². The SMILES string of the molecule is CCOC(=O)C1(Cl)N=CC([N+](=O)[O-])=C(Cl)N1. The Balaban J connectivity index is 2.91. The molecule has 0 aromatic heterocycles. The molecule has 16 heavy (non-hydrogen) atoms. The summed E-state index contributed by atoms with van der Waals surface area (Å²) in [6.45, 7) is 1.69. The first kappa shape index (κ1) is 12.7. The van der Waals surface area contributed by atoms with E-state index in [0.29, 0.717) is 0 Å². The van der Waals surface area contributed by atoms with Crippen LogP contribution in [0.2, 0.25) is 0 Å². The Morgan fingerprint density at radius 2 is 2.44 bits per heavy atom. The van der Waals surface area contributed by atoms with E-state index in [9.17, 15) is 14.9 Å². The number of hydrogen-bond acceptors (Lipinski definition) is 6. The van der Waals surface area contributed by atoms with E-state index >= 15 is 0 Å². The van der Waals surface area contributed by atoms with Crippen LogP contribution in [0.1, 0.15) is 6.92 Å². The third-order valence-electron chi connectivity index (χ3n) is 1.61. The number of carbonyl (C=O) groups excluding carboxylic acids is 1. The third kappa shape index (κ3) is 2.42. The van der Waals surface area contributed by atoms with E-state index in [4.69, 9.17) is 23.2 Å². The van der Waals surface area contributed by atoms with Gasteiger partial charge in [-0.2, -0.15) is 0 Å². The molecule has 1 heterocycles. The summed E-state index contributed by atoms with van der Waals surface area (Å²) >= 11 is 11.3. The molecule has 0 spiro atoms. The Morgan fingerprint density at radius 3 is 2.88 bits per heavy atom. The Morgan fingerprint density at radius 1 is 1.81 bits per heavy atom. The third-order valence-corrected chi connectivity index (χ3v) is 2.24. The smallest absolute Gasteiger partial charge is 0.371 e. The maximum atomic E-state index is 11.4. The molecule has 1 atom stereocenters. The molecule has 1 aliphatic heterocycles. The monoisotopic (exact) mass is 267 g/mol. The zero-order valence-electron chi connectivity index (χ0n) is 8.07. The summed E-state index contributed by atoms with van der Waals surface area (Å²) in [4.78, 5) is 24.6. The van der Waals surface area contributed by atoms with Crippen molar-refractivity contribution in [2.75, 3.05) is 6.61 Å². The molecule has 0 saturated carbocycles. The van der Waals surface area contributed by atoms with Crippen molar-refractivity contribution < 1.29 is 14.5 Å². The summed E-state index contributed by atoms with van der Waals surface area (Å²) in [5, 5.41) is 10.3. The van der Waals surface area contributed by atoms with Crippen molar-refractivity contribution in [2.24, 2.45) is 4.99 Å². The van der Waals surface area contributed by atoms with Gasteiger partial charge in [-0.3, -0.25) is 10.1 Å². The standard InChI is InChI=1S/C7H7Cl2N3O4/c1-2-16-6(13)7(9)10-3-4(12(14)15)5(8)11-7/h3,11H,2H2,1H3. The quantitative estimate of drug-likeness (QED) is 0.268. The number of halogens is 2. The number of alkyl halides is 1. The number of ether oxygens (including phenoxy) is 1. The zero-order chi connectivity index (χ0) is 12.3. The van der Waals surface area contributed by atoms with Crippen LogP contribution < -0.4 is 5.32 Å². The molecule has 88 valence electrons. The predicted molar refractivity (Wildman–Crippen MR) is 56.7 cm³/mol. The minimum absolute atomic E-state index is 0.105. The van der Waals surface area contributed by atoms with Gasteiger partial charge in [0.25, 0.3) is 0 Å². The second kappa shape index (κ2) is 4.67. The highest BCUT2D eigenvalue weighted by Gasteiger charge is 2.42. The van der Waals surface area contributed by atoms with Crippen LogP contribution in [-0.4, -0.2) is 28.8 Å². The number of esters is 1. The van der Waals surface area contributed by atoms with E-state index in [-0.39, 0.29) is 11.8 Å². The molecule has 9 heteroatoms. The van der Waals surface area contributed by atoms with Crippen LogP contribution >= 0.6 is 23.2 Å². The molecule has 0 saturated heterocycles. The van der Waals surface area contributed by atoms with Crippen LogP contribution in [0.5, 0.6) is 0 Å². The average molecular weight is 268 g/mol. The number of rotatable bonds is 3. The fraction of sp³-hybridized carbons (Fsp3) is 0.429. The number of allylic oxidation sites excluding steroid dienone is 1. The second-order valence-corrected chi connectivity index (χ2v) is 3.61. The van der Waals surface area contributed by atoms with Crippen molar-refractivity contribution in [1.82, 2.24) is 5.32 Å². The molecule has 0 aromatic rings. The van der Waals surface area contributed by atoms with Crippen LogP contribution in [0.15, 0.2) is 15.8 Å². The van der Waals surface area contributed by atoms with Crippen LogP contribution in [0.4, 0.5) is 0 Å². The van der Waals surface area contributed by atoms with Crippen molar-refractivity contribution in [1.29, 1.82) is 0 Å². The van der Waals surface area contributed by atoms with Crippen molar-refractivity contribution in [3.8, 4) is 0 Å². The Kier molecular flexibility index (Phi) is 3.71. The van der Waals surface area contributed by atoms with Crippen LogP contribution in [-0.2, 0) is 9.53 Å². The van der Waals surface area contributed by atoms with Gasteiger partial charge in [0.1, 0.15) is 6.21 Å². The lowest BCUT2D eigenvalue weighted by molar-refractivity contribution is -0.415. The fourth-order valence-corrected chi connectivity index (χ4v) is 1.41. The average Bonchev–Trinajstić information content (AvgIpc) is 2.17. The summed E-state index contributed by atoms with van der Waals surface area (Å²) in [5.74, 6) is -0.881. The van der Waals surface area contributed by atoms with Crippen molar-refractivity contribution in [2.45, 2.75) is 12.0 Å². The van der Waals surface area contributed by atoms with Crippen LogP contribution in [0.3, 0.4) is 0 Å². The highest BCUT2D eigenvalue weighted by Crippen LogP contribution is 2.24. The van der Waals surface area contributed by atoms with E-state index in [1.807, 2.05) is 0 Å². The van der Waals surface area contributed by atoms with Gasteiger partial charge >= 0.3 is 16.8 Å². The van der Waals surface area contributed by atoms with Gasteiger partial charge in [0.2, 0.25) is 0 Å². The lowest BCUT2D eigenvalue weighted by Crippen LogP contribution is -2.48. The Bertz CT molecular complexity index is 395. The molecule has 0 bridgehead atoms. The van der Waals surface area contributed by atoms with Gasteiger partial charge in [-0.15, -0.1) is 0 Å². The molecule has 1 aliphatic rings. The first-order valence-electron chi connectivity index (χ1n) is 4.14. The van der Waals surface area contributed by atoms with Crippen molar-refractivity contribution >= 4 is 35.4 Å². The van der Waals surface area contributed by atoms with E-state index in [1.54, 1.807) is 6.92 Å². The number of nitro groups is 1. The first-order chi connectivity index (χ1) is 7.40. The van der Waals surface area contributed by atoms with E-state index in [1.165, 1.54) is 0 Å². The fourth-order valence-electron chi connectivity index (χ4n) is 0.906. The van der Waals surface area contributed by atoms with Gasteiger partial charge in [0, 0.05) is 0 Å². The summed E-state index contributed by atoms with van der Waals surface area (Å²) in [5.41, 5.74) is -0.470. The molecule has 7 nitrogen and oxygen atoms in total. The minimum Gasteiger partial charge on any atom is -0.462 e. The lowest BCUT2D eigenvalue weighted by Gasteiger charge is -2.23. The molecule has 1 unspecified atom stereocenters. The molecule has 1 N–H and O–H groups in total. The highest BCUT2D eigenvalue weighted by atomic mass is 35.5. The summed E-state index contributed by atoms with van der Waals surface area (Å²) in [7, 11) is 0. The van der Waals surface area contributed by atoms with Gasteiger partial charge < -0.3 is 10.1 Å². The maximum Gasteiger partial charge on any atom is 0.371 e. The van der Waals surface area contributed by atoms with Gasteiger partial charge in [0.15, 0.2) is 5.16 Å². The van der Waals surface area contributed by atoms with Gasteiger partial charge in [-0.25, -0.2) is 9.79 Å². The minimum atomic E-state index is -1.94. The van der Waals surface area contributed by atoms with Gasteiger partial charge in [0.05, 0.1) is 11.5 Å². The normalized spacial score (nSPS) is 23.9. The molecule has 0 amide bonds. The summed E-state index contributed by atoms with van der Waals surface area (Å²) in [6, 6.07) is 0. The number of aliphatic imine (C=N–C) groups is 1. The van der Waals surface area contributed by atoms with Crippen LogP contribution in [0.25, 0.3) is 0 Å². The summed E-state index contributed by atoms with van der Waals surface area (Å²) in [6.07, 6.45) is 0.808. The van der Waals surface area contributed by atoms with Crippen LogP contribution in [0, 0.1) is 10.1 Å². The Hall–Kier alpha value is -1.34. The molecule has 0 aromatic carbocycles. The van der Waals surface area contributed by atoms with E-state index in [2.05, 4.69) is 15.0 Å². The zero-order valence-corrected chi connectivity index (χ0v) is 9.58. The van der Waals surface area contributed by atoms with E-state index < -0.39 is 21.7 Å². The van der Waals surface area contributed by atoms with Crippen molar-refractivity contribution in [3.63, 3.8) is 0 Å².